The first-order valence-corrected chi connectivity index (χ1v) is 6.42. The summed E-state index contributed by atoms with van der Waals surface area (Å²) < 4.78 is 0. The van der Waals surface area contributed by atoms with Crippen LogP contribution in [0.5, 0.6) is 0 Å². The molecule has 1 aliphatic rings. The smallest absolute Gasteiger partial charge is 0.227 e. The zero-order chi connectivity index (χ0) is 12.3. The van der Waals surface area contributed by atoms with E-state index in [1.807, 2.05) is 0 Å². The summed E-state index contributed by atoms with van der Waals surface area (Å²) >= 11 is 0. The topological polar surface area (TPSA) is 7.60 Å². The van der Waals surface area contributed by atoms with E-state index in [-0.39, 0.29) is 6.04 Å². The Balaban J connectivity index is 2.02. The van der Waals surface area contributed by atoms with Crippen LogP contribution in [0.1, 0.15) is 38.2 Å². The van der Waals surface area contributed by atoms with Gasteiger partial charge in [-0.05, 0) is 23.6 Å². The molecule has 0 atom stereocenters. The normalized spacial score (nSPS) is 17.2. The molecule has 1 aliphatic heterocycles. The molecule has 0 radical (unpaired) electrons. The molecule has 0 aliphatic carbocycles. The summed E-state index contributed by atoms with van der Waals surface area (Å²) in [5.41, 5.74) is 2.70. The Kier molecular flexibility index (Phi) is 3.68. The van der Waals surface area contributed by atoms with Crippen molar-refractivity contribution >= 4 is 5.69 Å². The first-order valence-electron chi connectivity index (χ1n) is 6.42. The summed E-state index contributed by atoms with van der Waals surface area (Å²) in [6.45, 7) is 13.5. The Bertz CT molecular complexity index is 392. The fraction of sp³-hybridized carbons (Fsp3) is 0.533. The number of hydrogen-bond donors (Lipinski definition) is 0. The summed E-state index contributed by atoms with van der Waals surface area (Å²) in [6, 6.07) is 9.13. The number of rotatable bonds is 2. The molecule has 1 aromatic carbocycles. The van der Waals surface area contributed by atoms with Crippen LogP contribution < -0.4 is 4.90 Å². The van der Waals surface area contributed by atoms with Gasteiger partial charge in [-0.15, -0.1) is 0 Å². The van der Waals surface area contributed by atoms with Crippen molar-refractivity contribution < 1.29 is 0 Å². The SMILES string of the molecule is [C-]#[N+]C1CCN(c2ccc(C(C)C)cc2)CC1. The number of anilines is 1. The van der Waals surface area contributed by atoms with Crippen molar-refractivity contribution in [1.29, 1.82) is 0 Å². The number of nitrogens with zero attached hydrogens (tertiary/aromatic N) is 2. The summed E-state index contributed by atoms with van der Waals surface area (Å²) in [7, 11) is 0. The minimum atomic E-state index is 0.251. The van der Waals surface area contributed by atoms with Gasteiger partial charge < -0.3 is 9.74 Å². The zero-order valence-electron chi connectivity index (χ0n) is 10.7. The van der Waals surface area contributed by atoms with Gasteiger partial charge in [0.1, 0.15) is 0 Å². The Morgan fingerprint density at radius 3 is 2.24 bits per heavy atom. The van der Waals surface area contributed by atoms with Gasteiger partial charge >= 0.3 is 0 Å². The first kappa shape index (κ1) is 12.0. The minimum Gasteiger partial charge on any atom is -0.371 e. The molecule has 0 spiro atoms. The van der Waals surface area contributed by atoms with Crippen LogP contribution in [0, 0.1) is 6.57 Å². The van der Waals surface area contributed by atoms with E-state index in [0.717, 1.165) is 25.9 Å². The lowest BCUT2D eigenvalue weighted by Crippen LogP contribution is -2.34. The minimum absolute atomic E-state index is 0.251. The van der Waals surface area contributed by atoms with Gasteiger partial charge in [-0.2, -0.15) is 0 Å². The van der Waals surface area contributed by atoms with Crippen LogP contribution >= 0.6 is 0 Å². The Labute approximate surface area is 104 Å². The van der Waals surface area contributed by atoms with Crippen LogP contribution in [-0.2, 0) is 0 Å². The quantitative estimate of drug-likeness (QED) is 0.700. The van der Waals surface area contributed by atoms with Gasteiger partial charge in [-0.1, -0.05) is 26.0 Å². The van der Waals surface area contributed by atoms with E-state index in [0.29, 0.717) is 5.92 Å². The Morgan fingerprint density at radius 2 is 1.76 bits per heavy atom. The third-order valence-corrected chi connectivity index (χ3v) is 3.57. The van der Waals surface area contributed by atoms with E-state index in [2.05, 4.69) is 47.9 Å². The van der Waals surface area contributed by atoms with Crippen molar-refractivity contribution in [2.24, 2.45) is 0 Å². The fourth-order valence-electron chi connectivity index (χ4n) is 2.32. The van der Waals surface area contributed by atoms with Crippen LogP contribution in [0.25, 0.3) is 4.85 Å². The maximum atomic E-state index is 7.05. The lowest BCUT2D eigenvalue weighted by Gasteiger charge is -2.29. The predicted octanol–water partition coefficient (Wildman–Crippen LogP) is 3.70. The molecule has 0 unspecified atom stereocenters. The molecule has 1 saturated heterocycles. The summed E-state index contributed by atoms with van der Waals surface area (Å²) in [5.74, 6) is 0.594. The molecule has 1 heterocycles. The van der Waals surface area contributed by atoms with Gasteiger partial charge in [0.05, 0.1) is 0 Å². The zero-order valence-corrected chi connectivity index (χ0v) is 10.7. The van der Waals surface area contributed by atoms with Gasteiger partial charge in [0, 0.05) is 31.6 Å². The molecule has 2 rings (SSSR count). The van der Waals surface area contributed by atoms with Crippen molar-refractivity contribution in [3.8, 4) is 0 Å². The summed E-state index contributed by atoms with van der Waals surface area (Å²) in [4.78, 5) is 6.03. The highest BCUT2D eigenvalue weighted by Crippen LogP contribution is 2.23. The molecule has 90 valence electrons. The third-order valence-electron chi connectivity index (χ3n) is 3.57. The van der Waals surface area contributed by atoms with E-state index >= 15 is 0 Å². The average Bonchev–Trinajstić information content (AvgIpc) is 2.39. The molecular formula is C15H20N2. The molecule has 0 N–H and O–H groups in total. The van der Waals surface area contributed by atoms with Crippen molar-refractivity contribution in [3.05, 3.63) is 41.2 Å². The van der Waals surface area contributed by atoms with Crippen molar-refractivity contribution in [1.82, 2.24) is 0 Å². The van der Waals surface area contributed by atoms with Gasteiger partial charge in [0.2, 0.25) is 6.04 Å². The highest BCUT2D eigenvalue weighted by atomic mass is 15.1. The summed E-state index contributed by atoms with van der Waals surface area (Å²) in [5, 5.41) is 0. The van der Waals surface area contributed by atoms with Gasteiger partial charge in [-0.3, -0.25) is 0 Å². The summed E-state index contributed by atoms with van der Waals surface area (Å²) in [6.07, 6.45) is 2.02. The highest BCUT2D eigenvalue weighted by molar-refractivity contribution is 5.48. The number of hydrogen-bond acceptors (Lipinski definition) is 1. The second-order valence-electron chi connectivity index (χ2n) is 5.09. The Morgan fingerprint density at radius 1 is 1.18 bits per heavy atom. The van der Waals surface area contributed by atoms with E-state index in [4.69, 9.17) is 6.57 Å². The molecular weight excluding hydrogens is 208 g/mol. The molecule has 1 aromatic rings. The van der Waals surface area contributed by atoms with Crippen molar-refractivity contribution in [3.63, 3.8) is 0 Å². The molecule has 0 amide bonds. The van der Waals surface area contributed by atoms with Crippen molar-refractivity contribution in [2.45, 2.75) is 38.6 Å². The molecule has 1 fully saturated rings. The van der Waals surface area contributed by atoms with Gasteiger partial charge in [-0.25, -0.2) is 6.57 Å². The number of benzene rings is 1. The second-order valence-corrected chi connectivity index (χ2v) is 5.09. The Hall–Kier alpha value is -1.49. The molecule has 0 aromatic heterocycles. The standard InChI is InChI=1S/C15H20N2/c1-12(2)13-4-6-15(7-5-13)17-10-8-14(16-3)9-11-17/h4-7,12,14H,8-11H2,1-2H3. The van der Waals surface area contributed by atoms with Gasteiger partial charge in [0.15, 0.2) is 0 Å². The average molecular weight is 228 g/mol. The predicted molar refractivity (Wildman–Crippen MR) is 72.4 cm³/mol. The molecule has 17 heavy (non-hydrogen) atoms. The first-order chi connectivity index (χ1) is 8.20. The van der Waals surface area contributed by atoms with Crippen molar-refractivity contribution in [2.75, 3.05) is 18.0 Å². The van der Waals surface area contributed by atoms with Crippen LogP contribution in [0.3, 0.4) is 0 Å². The van der Waals surface area contributed by atoms with Gasteiger partial charge in [0.25, 0.3) is 0 Å². The third kappa shape index (κ3) is 2.79. The van der Waals surface area contributed by atoms with E-state index < -0.39 is 0 Å². The lowest BCUT2D eigenvalue weighted by atomic mass is 10.0. The van der Waals surface area contributed by atoms with E-state index in [1.54, 1.807) is 0 Å². The highest BCUT2D eigenvalue weighted by Gasteiger charge is 2.22. The second kappa shape index (κ2) is 5.23. The molecule has 2 heteroatoms. The largest absolute Gasteiger partial charge is 0.371 e. The van der Waals surface area contributed by atoms with Crippen LogP contribution in [0.2, 0.25) is 0 Å². The molecule has 2 nitrogen and oxygen atoms in total. The maximum Gasteiger partial charge on any atom is 0.227 e. The molecule has 0 bridgehead atoms. The van der Waals surface area contributed by atoms with Crippen LogP contribution in [0.4, 0.5) is 5.69 Å². The van der Waals surface area contributed by atoms with E-state index in [1.165, 1.54) is 11.3 Å². The van der Waals surface area contributed by atoms with Crippen LogP contribution in [-0.4, -0.2) is 19.1 Å². The lowest BCUT2D eigenvalue weighted by molar-refractivity contribution is 0.548. The molecule has 0 saturated carbocycles. The number of piperidine rings is 1. The van der Waals surface area contributed by atoms with Crippen LogP contribution in [0.15, 0.2) is 24.3 Å². The fourth-order valence-corrected chi connectivity index (χ4v) is 2.32. The maximum absolute atomic E-state index is 7.05. The monoisotopic (exact) mass is 228 g/mol. The van der Waals surface area contributed by atoms with E-state index in [9.17, 15) is 0 Å².